The van der Waals surface area contributed by atoms with Crippen LogP contribution >= 0.6 is 0 Å². The fourth-order valence-electron chi connectivity index (χ4n) is 2.45. The van der Waals surface area contributed by atoms with E-state index in [9.17, 15) is 4.79 Å². The average Bonchev–Trinajstić information content (AvgIpc) is 2.42. The molecule has 0 saturated carbocycles. The van der Waals surface area contributed by atoms with Crippen LogP contribution in [0.3, 0.4) is 0 Å². The molecule has 2 heteroatoms. The second-order valence-electron chi connectivity index (χ2n) is 6.24. The Kier molecular flexibility index (Phi) is 6.77. The molecule has 0 spiro atoms. The molecule has 0 N–H and O–H groups in total. The van der Waals surface area contributed by atoms with Crippen molar-refractivity contribution in [3.63, 3.8) is 0 Å². The third-order valence-corrected chi connectivity index (χ3v) is 3.54. The summed E-state index contributed by atoms with van der Waals surface area (Å²) in [5, 5.41) is 0. The minimum Gasteiger partial charge on any atom is -0.462 e. The van der Waals surface area contributed by atoms with Gasteiger partial charge in [-0.1, -0.05) is 46.8 Å². The highest BCUT2D eigenvalue weighted by Crippen LogP contribution is 2.31. The molecule has 1 aromatic rings. The average molecular weight is 276 g/mol. The van der Waals surface area contributed by atoms with E-state index in [1.54, 1.807) is 0 Å². The van der Waals surface area contributed by atoms with Crippen molar-refractivity contribution >= 4 is 5.97 Å². The lowest BCUT2D eigenvalue weighted by Gasteiger charge is -2.23. The molecule has 112 valence electrons. The molecular weight excluding hydrogens is 248 g/mol. The van der Waals surface area contributed by atoms with Crippen LogP contribution in [0.1, 0.15) is 69.3 Å². The van der Waals surface area contributed by atoms with E-state index < -0.39 is 0 Å². The first-order chi connectivity index (χ1) is 9.45. The third kappa shape index (κ3) is 4.99. The van der Waals surface area contributed by atoms with E-state index in [1.807, 2.05) is 19.1 Å². The maximum Gasteiger partial charge on any atom is 0.338 e. The van der Waals surface area contributed by atoms with Crippen LogP contribution in [0.15, 0.2) is 24.3 Å². The number of rotatable bonds is 7. The van der Waals surface area contributed by atoms with Gasteiger partial charge in [-0.05, 0) is 48.3 Å². The zero-order valence-electron chi connectivity index (χ0n) is 13.5. The van der Waals surface area contributed by atoms with E-state index in [1.165, 1.54) is 12.0 Å². The predicted octanol–water partition coefficient (Wildman–Crippen LogP) is 5.04. The molecule has 0 aliphatic heterocycles. The van der Waals surface area contributed by atoms with Gasteiger partial charge in [0, 0.05) is 0 Å². The second kappa shape index (κ2) is 8.08. The Morgan fingerprint density at radius 2 is 1.70 bits per heavy atom. The van der Waals surface area contributed by atoms with E-state index in [2.05, 4.69) is 39.8 Å². The maximum absolute atomic E-state index is 11.8. The molecule has 0 aliphatic carbocycles. The van der Waals surface area contributed by atoms with Crippen LogP contribution in [-0.4, -0.2) is 12.6 Å². The first-order valence-electron chi connectivity index (χ1n) is 7.72. The zero-order valence-corrected chi connectivity index (χ0v) is 13.5. The highest BCUT2D eigenvalue weighted by molar-refractivity contribution is 5.89. The molecule has 0 heterocycles. The smallest absolute Gasteiger partial charge is 0.338 e. The van der Waals surface area contributed by atoms with Crippen molar-refractivity contribution in [2.45, 2.75) is 53.4 Å². The van der Waals surface area contributed by atoms with Crippen molar-refractivity contribution in [1.29, 1.82) is 0 Å². The number of carbonyl (C=O) groups excluding carboxylic acids is 1. The number of hydrogen-bond acceptors (Lipinski definition) is 2. The molecule has 0 bridgehead atoms. The van der Waals surface area contributed by atoms with Crippen LogP contribution in [0, 0.1) is 11.8 Å². The summed E-state index contributed by atoms with van der Waals surface area (Å²) in [6.45, 7) is 11.5. The van der Waals surface area contributed by atoms with Crippen LogP contribution in [0.4, 0.5) is 0 Å². The third-order valence-electron chi connectivity index (χ3n) is 3.54. The van der Waals surface area contributed by atoms with Crippen LogP contribution in [0.25, 0.3) is 0 Å². The molecular formula is C18H28O2. The van der Waals surface area contributed by atoms with Crippen molar-refractivity contribution in [2.75, 3.05) is 6.61 Å². The van der Waals surface area contributed by atoms with Gasteiger partial charge in [0.05, 0.1) is 12.2 Å². The van der Waals surface area contributed by atoms with Gasteiger partial charge < -0.3 is 4.74 Å². The Morgan fingerprint density at radius 1 is 1.10 bits per heavy atom. The number of carbonyl (C=O) groups is 1. The van der Waals surface area contributed by atoms with Crippen molar-refractivity contribution in [2.24, 2.45) is 11.8 Å². The summed E-state index contributed by atoms with van der Waals surface area (Å²) in [6.07, 6.45) is 2.03. The minimum absolute atomic E-state index is 0.219. The summed E-state index contributed by atoms with van der Waals surface area (Å²) in [5.41, 5.74) is 1.97. The standard InChI is InChI=1S/C18H28O2/c1-6-11-20-18(19)16-9-7-15(8-10-16)17(14(4)5)12-13(2)3/h7-10,13-14,17H,6,11-12H2,1-5H3. The van der Waals surface area contributed by atoms with Crippen molar-refractivity contribution < 1.29 is 9.53 Å². The Labute approximate surface area is 123 Å². The Morgan fingerprint density at radius 3 is 2.15 bits per heavy atom. The number of esters is 1. The largest absolute Gasteiger partial charge is 0.462 e. The van der Waals surface area contributed by atoms with Gasteiger partial charge in [0.15, 0.2) is 0 Å². The monoisotopic (exact) mass is 276 g/mol. The van der Waals surface area contributed by atoms with Crippen molar-refractivity contribution in [3.05, 3.63) is 35.4 Å². The van der Waals surface area contributed by atoms with E-state index >= 15 is 0 Å². The Bertz CT molecular complexity index is 404. The van der Waals surface area contributed by atoms with Gasteiger partial charge >= 0.3 is 5.97 Å². The van der Waals surface area contributed by atoms with Gasteiger partial charge in [-0.3, -0.25) is 0 Å². The molecule has 1 aromatic carbocycles. The lowest BCUT2D eigenvalue weighted by atomic mass is 9.82. The maximum atomic E-state index is 11.8. The van der Waals surface area contributed by atoms with Crippen LogP contribution in [0.2, 0.25) is 0 Å². The second-order valence-corrected chi connectivity index (χ2v) is 6.24. The highest BCUT2D eigenvalue weighted by Gasteiger charge is 2.18. The quantitative estimate of drug-likeness (QED) is 0.652. The summed E-state index contributed by atoms with van der Waals surface area (Å²) in [7, 11) is 0. The van der Waals surface area contributed by atoms with E-state index in [0.717, 1.165) is 6.42 Å². The highest BCUT2D eigenvalue weighted by atomic mass is 16.5. The SMILES string of the molecule is CCCOC(=O)c1ccc(C(CC(C)C)C(C)C)cc1. The van der Waals surface area contributed by atoms with Gasteiger partial charge in [-0.2, -0.15) is 0 Å². The summed E-state index contributed by atoms with van der Waals surface area (Å²) < 4.78 is 5.15. The van der Waals surface area contributed by atoms with Crippen molar-refractivity contribution in [1.82, 2.24) is 0 Å². The summed E-state index contributed by atoms with van der Waals surface area (Å²) in [4.78, 5) is 11.8. The van der Waals surface area contributed by atoms with E-state index in [-0.39, 0.29) is 5.97 Å². The Hall–Kier alpha value is -1.31. The van der Waals surface area contributed by atoms with E-state index in [4.69, 9.17) is 4.74 Å². The first-order valence-corrected chi connectivity index (χ1v) is 7.72. The summed E-state index contributed by atoms with van der Waals surface area (Å²) in [5.74, 6) is 1.62. The molecule has 0 radical (unpaired) electrons. The molecule has 20 heavy (non-hydrogen) atoms. The van der Waals surface area contributed by atoms with Crippen molar-refractivity contribution in [3.8, 4) is 0 Å². The van der Waals surface area contributed by atoms with Gasteiger partial charge in [-0.25, -0.2) is 4.79 Å². The molecule has 0 saturated heterocycles. The number of hydrogen-bond donors (Lipinski definition) is 0. The molecule has 0 aromatic heterocycles. The summed E-state index contributed by atoms with van der Waals surface area (Å²) in [6, 6.07) is 7.94. The molecule has 0 amide bonds. The molecule has 0 aliphatic rings. The van der Waals surface area contributed by atoms with Gasteiger partial charge in [0.25, 0.3) is 0 Å². The lowest BCUT2D eigenvalue weighted by Crippen LogP contribution is -2.11. The minimum atomic E-state index is -0.219. The van der Waals surface area contributed by atoms with Gasteiger partial charge in [-0.15, -0.1) is 0 Å². The number of benzene rings is 1. The van der Waals surface area contributed by atoms with E-state index in [0.29, 0.717) is 29.9 Å². The molecule has 0 fully saturated rings. The lowest BCUT2D eigenvalue weighted by molar-refractivity contribution is 0.0505. The topological polar surface area (TPSA) is 26.3 Å². The van der Waals surface area contributed by atoms with Crippen LogP contribution < -0.4 is 0 Å². The van der Waals surface area contributed by atoms with Gasteiger partial charge in [0.1, 0.15) is 0 Å². The fraction of sp³-hybridized carbons (Fsp3) is 0.611. The molecule has 1 atom stereocenters. The van der Waals surface area contributed by atoms with Crippen LogP contribution in [0.5, 0.6) is 0 Å². The first kappa shape index (κ1) is 16.7. The zero-order chi connectivity index (χ0) is 15.1. The Balaban J connectivity index is 2.80. The molecule has 1 unspecified atom stereocenters. The molecule has 1 rings (SSSR count). The fourth-order valence-corrected chi connectivity index (χ4v) is 2.45. The normalized spacial score (nSPS) is 12.8. The number of ether oxygens (including phenoxy) is 1. The van der Waals surface area contributed by atoms with Gasteiger partial charge in [0.2, 0.25) is 0 Å². The summed E-state index contributed by atoms with van der Waals surface area (Å²) >= 11 is 0. The molecule has 2 nitrogen and oxygen atoms in total. The van der Waals surface area contributed by atoms with Crippen LogP contribution in [-0.2, 0) is 4.74 Å². The predicted molar refractivity (Wildman–Crippen MR) is 84.0 cm³/mol.